The van der Waals surface area contributed by atoms with E-state index in [4.69, 9.17) is 0 Å². The molecule has 1 unspecified atom stereocenters. The fourth-order valence-corrected chi connectivity index (χ4v) is 3.08. The number of halogens is 3. The summed E-state index contributed by atoms with van der Waals surface area (Å²) in [5.41, 5.74) is 1.32. The SMILES string of the molecule is Cc1ccccc1C(=O)NC(CC(C)C)C(=O)NCCc1ccc(C(F)(F)F)cc1. The first-order chi connectivity index (χ1) is 14.1. The number of nitrogens with one attached hydrogen (secondary N) is 2. The maximum absolute atomic E-state index is 12.6. The van der Waals surface area contributed by atoms with Crippen molar-refractivity contribution in [3.05, 3.63) is 70.8 Å². The van der Waals surface area contributed by atoms with Crippen LogP contribution in [0.4, 0.5) is 13.2 Å². The molecule has 2 aromatic rings. The number of hydrogen-bond acceptors (Lipinski definition) is 2. The van der Waals surface area contributed by atoms with Crippen LogP contribution in [-0.2, 0) is 17.4 Å². The quantitative estimate of drug-likeness (QED) is 0.660. The van der Waals surface area contributed by atoms with Crippen LogP contribution in [0.15, 0.2) is 48.5 Å². The van der Waals surface area contributed by atoms with Gasteiger partial charge in [-0.3, -0.25) is 9.59 Å². The fraction of sp³-hybridized carbons (Fsp3) is 0.391. The van der Waals surface area contributed by atoms with Crippen molar-refractivity contribution in [2.75, 3.05) is 6.54 Å². The zero-order valence-electron chi connectivity index (χ0n) is 17.3. The van der Waals surface area contributed by atoms with E-state index in [1.807, 2.05) is 32.9 Å². The molecule has 162 valence electrons. The minimum absolute atomic E-state index is 0.188. The first-order valence-corrected chi connectivity index (χ1v) is 9.88. The Hall–Kier alpha value is -2.83. The van der Waals surface area contributed by atoms with Crippen LogP contribution < -0.4 is 10.6 Å². The molecule has 2 N–H and O–H groups in total. The second kappa shape index (κ2) is 10.3. The monoisotopic (exact) mass is 420 g/mol. The Bertz CT molecular complexity index is 861. The van der Waals surface area contributed by atoms with Gasteiger partial charge in [0.15, 0.2) is 0 Å². The van der Waals surface area contributed by atoms with Crippen LogP contribution in [0.3, 0.4) is 0 Å². The summed E-state index contributed by atoms with van der Waals surface area (Å²) in [5, 5.41) is 5.58. The zero-order valence-corrected chi connectivity index (χ0v) is 17.3. The van der Waals surface area contributed by atoms with Crippen molar-refractivity contribution in [1.82, 2.24) is 10.6 Å². The molecule has 0 aliphatic heterocycles. The molecule has 2 aromatic carbocycles. The summed E-state index contributed by atoms with van der Waals surface area (Å²) in [7, 11) is 0. The van der Waals surface area contributed by atoms with E-state index in [0.717, 1.165) is 17.7 Å². The van der Waals surface area contributed by atoms with Gasteiger partial charge in [0, 0.05) is 12.1 Å². The molecule has 1 atom stereocenters. The van der Waals surface area contributed by atoms with Gasteiger partial charge in [-0.2, -0.15) is 13.2 Å². The third kappa shape index (κ3) is 6.90. The van der Waals surface area contributed by atoms with Gasteiger partial charge in [0.1, 0.15) is 6.04 Å². The average Bonchev–Trinajstić information content (AvgIpc) is 2.67. The van der Waals surface area contributed by atoms with E-state index in [1.54, 1.807) is 12.1 Å². The lowest BCUT2D eigenvalue weighted by molar-refractivity contribution is -0.137. The number of benzene rings is 2. The van der Waals surface area contributed by atoms with E-state index < -0.39 is 17.8 Å². The van der Waals surface area contributed by atoms with Crippen molar-refractivity contribution < 1.29 is 22.8 Å². The second-order valence-electron chi connectivity index (χ2n) is 7.71. The molecule has 0 aromatic heterocycles. The van der Waals surface area contributed by atoms with Crippen molar-refractivity contribution in [2.45, 2.75) is 45.8 Å². The van der Waals surface area contributed by atoms with Gasteiger partial charge in [-0.1, -0.05) is 44.2 Å². The Morgan fingerprint density at radius 3 is 2.20 bits per heavy atom. The first-order valence-electron chi connectivity index (χ1n) is 9.88. The molecule has 0 saturated carbocycles. The Morgan fingerprint density at radius 1 is 1.00 bits per heavy atom. The highest BCUT2D eigenvalue weighted by Crippen LogP contribution is 2.29. The van der Waals surface area contributed by atoms with Crippen LogP contribution in [0.1, 0.15) is 47.3 Å². The normalized spacial score (nSPS) is 12.5. The lowest BCUT2D eigenvalue weighted by atomic mass is 10.0. The van der Waals surface area contributed by atoms with Crippen LogP contribution in [0, 0.1) is 12.8 Å². The topological polar surface area (TPSA) is 58.2 Å². The van der Waals surface area contributed by atoms with Crippen LogP contribution in [0.2, 0.25) is 0 Å². The molecule has 0 bridgehead atoms. The molecular formula is C23H27F3N2O2. The molecule has 0 aliphatic carbocycles. The number of hydrogen-bond donors (Lipinski definition) is 2. The third-order valence-electron chi connectivity index (χ3n) is 4.71. The number of aryl methyl sites for hydroxylation is 1. The van der Waals surface area contributed by atoms with Gasteiger partial charge >= 0.3 is 6.18 Å². The molecular weight excluding hydrogens is 393 g/mol. The van der Waals surface area contributed by atoms with Crippen molar-refractivity contribution >= 4 is 11.8 Å². The highest BCUT2D eigenvalue weighted by molar-refractivity contribution is 5.98. The Kier molecular flexibility index (Phi) is 8.03. The minimum atomic E-state index is -4.37. The van der Waals surface area contributed by atoms with E-state index >= 15 is 0 Å². The lowest BCUT2D eigenvalue weighted by Gasteiger charge is -2.21. The van der Waals surface area contributed by atoms with Gasteiger partial charge in [0.2, 0.25) is 5.91 Å². The van der Waals surface area contributed by atoms with E-state index in [2.05, 4.69) is 10.6 Å². The molecule has 0 spiro atoms. The summed E-state index contributed by atoms with van der Waals surface area (Å²) in [6.07, 6.45) is -3.50. The summed E-state index contributed by atoms with van der Waals surface area (Å²) in [6.45, 7) is 6.01. The van der Waals surface area contributed by atoms with Crippen LogP contribution in [0.25, 0.3) is 0 Å². The summed E-state index contributed by atoms with van der Waals surface area (Å²) in [6, 6.07) is 11.3. The van der Waals surface area contributed by atoms with Gasteiger partial charge < -0.3 is 10.6 Å². The molecule has 0 radical (unpaired) electrons. The number of carbonyl (C=O) groups excluding carboxylic acids is 2. The first kappa shape index (κ1) is 23.4. The zero-order chi connectivity index (χ0) is 22.3. The highest BCUT2D eigenvalue weighted by Gasteiger charge is 2.30. The Morgan fingerprint density at radius 2 is 1.63 bits per heavy atom. The average molecular weight is 420 g/mol. The van der Waals surface area contributed by atoms with Crippen LogP contribution in [-0.4, -0.2) is 24.4 Å². The molecule has 0 saturated heterocycles. The number of amides is 2. The smallest absolute Gasteiger partial charge is 0.354 e. The number of rotatable bonds is 8. The largest absolute Gasteiger partial charge is 0.416 e. The minimum Gasteiger partial charge on any atom is -0.354 e. The van der Waals surface area contributed by atoms with Gasteiger partial charge in [-0.25, -0.2) is 0 Å². The van der Waals surface area contributed by atoms with E-state index in [1.165, 1.54) is 12.1 Å². The van der Waals surface area contributed by atoms with Gasteiger partial charge in [0.25, 0.3) is 5.91 Å². The molecule has 0 fully saturated rings. The number of carbonyl (C=O) groups is 2. The van der Waals surface area contributed by atoms with Crippen molar-refractivity contribution in [3.8, 4) is 0 Å². The molecule has 0 heterocycles. The third-order valence-corrected chi connectivity index (χ3v) is 4.71. The van der Waals surface area contributed by atoms with Gasteiger partial charge in [-0.05, 0) is 55.0 Å². The van der Waals surface area contributed by atoms with Crippen LogP contribution >= 0.6 is 0 Å². The van der Waals surface area contributed by atoms with Gasteiger partial charge in [-0.15, -0.1) is 0 Å². The van der Waals surface area contributed by atoms with E-state index in [9.17, 15) is 22.8 Å². The van der Waals surface area contributed by atoms with Crippen molar-refractivity contribution in [2.24, 2.45) is 5.92 Å². The Balaban J connectivity index is 1.95. The summed E-state index contributed by atoms with van der Waals surface area (Å²) >= 11 is 0. The fourth-order valence-electron chi connectivity index (χ4n) is 3.08. The van der Waals surface area contributed by atoms with Crippen molar-refractivity contribution in [1.29, 1.82) is 0 Å². The summed E-state index contributed by atoms with van der Waals surface area (Å²) in [5.74, 6) is -0.429. The molecule has 0 aliphatic rings. The molecule has 7 heteroatoms. The predicted molar refractivity (Wildman–Crippen MR) is 110 cm³/mol. The Labute approximate surface area is 174 Å². The van der Waals surface area contributed by atoms with E-state index in [0.29, 0.717) is 24.0 Å². The molecule has 2 amide bonds. The van der Waals surface area contributed by atoms with Crippen molar-refractivity contribution in [3.63, 3.8) is 0 Å². The molecule has 30 heavy (non-hydrogen) atoms. The number of alkyl halides is 3. The summed E-state index contributed by atoms with van der Waals surface area (Å²) < 4.78 is 37.9. The highest BCUT2D eigenvalue weighted by atomic mass is 19.4. The van der Waals surface area contributed by atoms with Gasteiger partial charge in [0.05, 0.1) is 5.56 Å². The summed E-state index contributed by atoms with van der Waals surface area (Å²) in [4.78, 5) is 25.2. The molecule has 2 rings (SSSR count). The maximum atomic E-state index is 12.6. The molecule has 4 nitrogen and oxygen atoms in total. The predicted octanol–water partition coefficient (Wildman–Crippen LogP) is 4.52. The van der Waals surface area contributed by atoms with Crippen LogP contribution in [0.5, 0.6) is 0 Å². The van der Waals surface area contributed by atoms with E-state index in [-0.39, 0.29) is 24.3 Å². The second-order valence-corrected chi connectivity index (χ2v) is 7.71. The maximum Gasteiger partial charge on any atom is 0.416 e. The standard InChI is InChI=1S/C23H27F3N2O2/c1-15(2)14-20(28-21(29)19-7-5-4-6-16(19)3)22(30)27-13-12-17-8-10-18(11-9-17)23(24,25)26/h4-11,15,20H,12-14H2,1-3H3,(H,27,30)(H,28,29). The lowest BCUT2D eigenvalue weighted by Crippen LogP contribution is -2.48.